The average Bonchev–Trinajstić information content (AvgIpc) is 3.04. The van der Waals surface area contributed by atoms with Crippen molar-refractivity contribution in [3.05, 3.63) is 24.2 Å². The van der Waals surface area contributed by atoms with Crippen molar-refractivity contribution >= 4 is 23.1 Å². The molecule has 5 heteroatoms. The van der Waals surface area contributed by atoms with Crippen molar-refractivity contribution in [1.29, 1.82) is 0 Å². The lowest BCUT2D eigenvalue weighted by Crippen LogP contribution is -2.26. The molecule has 0 spiro atoms. The fourth-order valence-electron chi connectivity index (χ4n) is 2.88. The van der Waals surface area contributed by atoms with Crippen molar-refractivity contribution in [3.63, 3.8) is 0 Å². The normalized spacial score (nSPS) is 22.8. The van der Waals surface area contributed by atoms with Crippen molar-refractivity contribution < 1.29 is 0 Å². The third-order valence-corrected chi connectivity index (χ3v) is 5.25. The summed E-state index contributed by atoms with van der Waals surface area (Å²) in [6.45, 7) is 4.34. The summed E-state index contributed by atoms with van der Waals surface area (Å²) in [4.78, 5) is 4.53. The van der Waals surface area contributed by atoms with E-state index in [9.17, 15) is 0 Å². The van der Waals surface area contributed by atoms with Crippen LogP contribution in [0.5, 0.6) is 0 Å². The quantitative estimate of drug-likeness (QED) is 0.935. The first kappa shape index (κ1) is 13.7. The molecule has 108 valence electrons. The monoisotopic (exact) mass is 290 g/mol. The highest BCUT2D eigenvalue weighted by atomic mass is 32.2. The smallest absolute Gasteiger partial charge is 0.152 e. The molecular formula is C15H22N4S. The molecule has 1 aliphatic carbocycles. The van der Waals surface area contributed by atoms with E-state index in [2.05, 4.69) is 41.6 Å². The van der Waals surface area contributed by atoms with E-state index in [0.29, 0.717) is 17.2 Å². The minimum absolute atomic E-state index is 0.438. The van der Waals surface area contributed by atoms with Crippen LogP contribution in [0.1, 0.15) is 44.7 Å². The number of rotatable bonds is 4. The summed E-state index contributed by atoms with van der Waals surface area (Å²) >= 11 is 1.96. The fraction of sp³-hybridized carbons (Fsp3) is 0.600. The van der Waals surface area contributed by atoms with Gasteiger partial charge in [0.05, 0.1) is 5.69 Å². The van der Waals surface area contributed by atoms with E-state index in [-0.39, 0.29) is 0 Å². The zero-order chi connectivity index (χ0) is 14.1. The Morgan fingerprint density at radius 3 is 3.00 bits per heavy atom. The van der Waals surface area contributed by atoms with Crippen molar-refractivity contribution in [1.82, 2.24) is 14.6 Å². The summed E-state index contributed by atoms with van der Waals surface area (Å²) in [7, 11) is 0. The minimum Gasteiger partial charge on any atom is -0.364 e. The third-order valence-electron chi connectivity index (χ3n) is 4.08. The van der Waals surface area contributed by atoms with Gasteiger partial charge in [-0.15, -0.1) is 0 Å². The van der Waals surface area contributed by atoms with E-state index in [1.165, 1.54) is 19.3 Å². The van der Waals surface area contributed by atoms with E-state index in [1.54, 1.807) is 0 Å². The zero-order valence-corrected chi connectivity index (χ0v) is 13.2. The van der Waals surface area contributed by atoms with Crippen LogP contribution in [-0.4, -0.2) is 32.1 Å². The topological polar surface area (TPSA) is 42.2 Å². The molecule has 2 aromatic heterocycles. The fourth-order valence-corrected chi connectivity index (χ4v) is 3.82. The number of hydrogen-bond acceptors (Lipinski definition) is 4. The second kappa shape index (κ2) is 5.64. The highest BCUT2D eigenvalue weighted by Crippen LogP contribution is 2.31. The van der Waals surface area contributed by atoms with Crippen LogP contribution in [0.2, 0.25) is 0 Å². The molecule has 0 aliphatic heterocycles. The SMILES string of the molecule is CSC1CCCC1Nc1nccn2nc(C(C)C)cc12. The number of thioether (sulfide) groups is 1. The van der Waals surface area contributed by atoms with Gasteiger partial charge >= 0.3 is 0 Å². The Bertz CT molecular complexity index is 593. The van der Waals surface area contributed by atoms with Gasteiger partial charge in [-0.05, 0) is 31.1 Å². The average molecular weight is 290 g/mol. The highest BCUT2D eigenvalue weighted by Gasteiger charge is 2.27. The Kier molecular flexibility index (Phi) is 3.87. The van der Waals surface area contributed by atoms with Gasteiger partial charge in [0.2, 0.25) is 0 Å². The van der Waals surface area contributed by atoms with Crippen LogP contribution in [0.15, 0.2) is 18.5 Å². The maximum absolute atomic E-state index is 4.62. The van der Waals surface area contributed by atoms with E-state index in [4.69, 9.17) is 0 Å². The first-order chi connectivity index (χ1) is 9.69. The molecule has 3 rings (SSSR count). The summed E-state index contributed by atoms with van der Waals surface area (Å²) in [6, 6.07) is 2.68. The van der Waals surface area contributed by atoms with Crippen LogP contribution in [0.25, 0.3) is 5.52 Å². The van der Waals surface area contributed by atoms with Crippen LogP contribution in [0.3, 0.4) is 0 Å². The molecule has 4 nitrogen and oxygen atoms in total. The molecule has 0 radical (unpaired) electrons. The van der Waals surface area contributed by atoms with Crippen LogP contribution in [0.4, 0.5) is 5.82 Å². The number of hydrogen-bond donors (Lipinski definition) is 1. The minimum atomic E-state index is 0.438. The first-order valence-electron chi connectivity index (χ1n) is 7.32. The van der Waals surface area contributed by atoms with Gasteiger partial charge in [0.15, 0.2) is 5.82 Å². The lowest BCUT2D eigenvalue weighted by atomic mass is 10.1. The van der Waals surface area contributed by atoms with Crippen LogP contribution in [-0.2, 0) is 0 Å². The predicted octanol–water partition coefficient (Wildman–Crippen LogP) is 3.55. The standard InChI is InChI=1S/C15H22N4S/c1-10(2)12-9-13-15(16-7-8-19(13)18-12)17-11-5-4-6-14(11)20-3/h7-11,14H,4-6H2,1-3H3,(H,16,17). The molecular weight excluding hydrogens is 268 g/mol. The third kappa shape index (κ3) is 2.51. The van der Waals surface area contributed by atoms with Crippen molar-refractivity contribution in [2.24, 2.45) is 0 Å². The summed E-state index contributed by atoms with van der Waals surface area (Å²) in [6.07, 6.45) is 9.80. The molecule has 0 bridgehead atoms. The van der Waals surface area contributed by atoms with E-state index in [1.807, 2.05) is 28.7 Å². The molecule has 0 saturated heterocycles. The van der Waals surface area contributed by atoms with Crippen molar-refractivity contribution in [2.45, 2.75) is 50.3 Å². The molecule has 1 saturated carbocycles. The molecule has 2 heterocycles. The molecule has 1 aliphatic rings. The van der Waals surface area contributed by atoms with Gasteiger partial charge in [-0.25, -0.2) is 9.50 Å². The molecule has 2 atom stereocenters. The molecule has 2 unspecified atom stereocenters. The van der Waals surface area contributed by atoms with E-state index in [0.717, 1.165) is 17.0 Å². The lowest BCUT2D eigenvalue weighted by molar-refractivity contribution is 0.760. The maximum atomic E-state index is 4.62. The maximum Gasteiger partial charge on any atom is 0.152 e. The summed E-state index contributed by atoms with van der Waals surface area (Å²) in [5.41, 5.74) is 2.21. The molecule has 1 fully saturated rings. The van der Waals surface area contributed by atoms with Crippen molar-refractivity contribution in [3.8, 4) is 0 Å². The largest absolute Gasteiger partial charge is 0.364 e. The van der Waals surface area contributed by atoms with E-state index >= 15 is 0 Å². The molecule has 2 aromatic rings. The number of anilines is 1. The Labute approximate surface area is 124 Å². The highest BCUT2D eigenvalue weighted by molar-refractivity contribution is 7.99. The van der Waals surface area contributed by atoms with Gasteiger partial charge in [-0.3, -0.25) is 0 Å². The van der Waals surface area contributed by atoms with Gasteiger partial charge in [0.25, 0.3) is 0 Å². The Morgan fingerprint density at radius 1 is 1.40 bits per heavy atom. The second-order valence-electron chi connectivity index (χ2n) is 5.79. The summed E-state index contributed by atoms with van der Waals surface area (Å²) in [5, 5.41) is 8.96. The van der Waals surface area contributed by atoms with Gasteiger partial charge < -0.3 is 5.32 Å². The number of nitrogens with one attached hydrogen (secondary N) is 1. The number of fused-ring (bicyclic) bond motifs is 1. The van der Waals surface area contributed by atoms with Gasteiger partial charge in [-0.2, -0.15) is 16.9 Å². The zero-order valence-electron chi connectivity index (χ0n) is 12.3. The summed E-state index contributed by atoms with van der Waals surface area (Å²) in [5.74, 6) is 1.41. The summed E-state index contributed by atoms with van der Waals surface area (Å²) < 4.78 is 1.94. The van der Waals surface area contributed by atoms with Crippen LogP contribution < -0.4 is 5.32 Å². The van der Waals surface area contributed by atoms with Crippen molar-refractivity contribution in [2.75, 3.05) is 11.6 Å². The van der Waals surface area contributed by atoms with E-state index < -0.39 is 0 Å². The first-order valence-corrected chi connectivity index (χ1v) is 8.61. The Hall–Kier alpha value is -1.23. The van der Waals surface area contributed by atoms with Crippen LogP contribution >= 0.6 is 11.8 Å². The van der Waals surface area contributed by atoms with Gasteiger partial charge in [-0.1, -0.05) is 20.3 Å². The lowest BCUT2D eigenvalue weighted by Gasteiger charge is -2.20. The number of aromatic nitrogens is 3. The van der Waals surface area contributed by atoms with Crippen LogP contribution in [0, 0.1) is 0 Å². The molecule has 20 heavy (non-hydrogen) atoms. The van der Waals surface area contributed by atoms with Gasteiger partial charge in [0, 0.05) is 23.7 Å². The molecule has 1 N–H and O–H groups in total. The second-order valence-corrected chi connectivity index (χ2v) is 6.86. The Balaban J connectivity index is 1.91. The predicted molar refractivity (Wildman–Crippen MR) is 85.6 cm³/mol. The number of nitrogens with zero attached hydrogens (tertiary/aromatic N) is 3. The Morgan fingerprint density at radius 2 is 2.25 bits per heavy atom. The molecule has 0 amide bonds. The molecule has 0 aromatic carbocycles. The van der Waals surface area contributed by atoms with Gasteiger partial charge in [0.1, 0.15) is 5.52 Å².